The normalized spacial score (nSPS) is 12.0. The van der Waals surface area contributed by atoms with E-state index < -0.39 is 12.1 Å². The molecule has 3 aromatic carbocycles. The first-order chi connectivity index (χ1) is 16.1. The van der Waals surface area contributed by atoms with E-state index in [4.69, 9.17) is 4.74 Å². The number of ether oxygens (including phenoxy) is 1. The summed E-state index contributed by atoms with van der Waals surface area (Å²) in [4.78, 5) is 28.3. The highest BCUT2D eigenvalue weighted by atomic mass is 16.5. The van der Waals surface area contributed by atoms with Crippen molar-refractivity contribution in [3.8, 4) is 22.3 Å². The molecule has 6 heteroatoms. The van der Waals surface area contributed by atoms with Crippen LogP contribution in [-0.4, -0.2) is 28.8 Å². The van der Waals surface area contributed by atoms with Crippen molar-refractivity contribution in [3.63, 3.8) is 0 Å². The number of pyridine rings is 1. The molecule has 1 aliphatic rings. The lowest BCUT2D eigenvalue weighted by Gasteiger charge is -2.15. The molecule has 162 valence electrons. The second-order valence-corrected chi connectivity index (χ2v) is 7.74. The number of carbonyl (C=O) groups excluding carboxylic acids is 1. The maximum Gasteiger partial charge on any atom is 0.412 e. The number of rotatable bonds is 5. The van der Waals surface area contributed by atoms with Crippen LogP contribution in [0.2, 0.25) is 0 Å². The second-order valence-electron chi connectivity index (χ2n) is 7.74. The van der Waals surface area contributed by atoms with E-state index in [9.17, 15) is 14.7 Å². The molecule has 1 heterocycles. The third-order valence-electron chi connectivity index (χ3n) is 5.78. The van der Waals surface area contributed by atoms with Crippen molar-refractivity contribution >= 4 is 17.9 Å². The molecule has 0 spiro atoms. The first-order valence-electron chi connectivity index (χ1n) is 10.5. The van der Waals surface area contributed by atoms with Gasteiger partial charge >= 0.3 is 12.1 Å². The number of anilines is 1. The van der Waals surface area contributed by atoms with Crippen LogP contribution in [0, 0.1) is 0 Å². The van der Waals surface area contributed by atoms with Gasteiger partial charge in [-0.1, -0.05) is 78.9 Å². The summed E-state index contributed by atoms with van der Waals surface area (Å²) in [5.74, 6) is -0.908. The van der Waals surface area contributed by atoms with Crippen molar-refractivity contribution in [2.24, 2.45) is 0 Å². The Morgan fingerprint density at radius 1 is 0.848 bits per heavy atom. The molecule has 0 saturated carbocycles. The number of nitrogens with zero attached hydrogens (tertiary/aromatic N) is 1. The van der Waals surface area contributed by atoms with Gasteiger partial charge in [-0.05, 0) is 33.9 Å². The van der Waals surface area contributed by atoms with Crippen LogP contribution in [0.1, 0.15) is 27.4 Å². The zero-order valence-electron chi connectivity index (χ0n) is 17.6. The summed E-state index contributed by atoms with van der Waals surface area (Å²) in [5, 5.41) is 12.0. The van der Waals surface area contributed by atoms with Crippen molar-refractivity contribution in [3.05, 3.63) is 108 Å². The van der Waals surface area contributed by atoms with Crippen LogP contribution in [0.15, 0.2) is 91.1 Å². The molecular weight excluding hydrogens is 416 g/mol. The van der Waals surface area contributed by atoms with Crippen LogP contribution in [0.3, 0.4) is 0 Å². The van der Waals surface area contributed by atoms with E-state index in [1.807, 2.05) is 54.6 Å². The lowest BCUT2D eigenvalue weighted by atomic mass is 9.98. The molecule has 0 aliphatic heterocycles. The molecule has 0 bridgehead atoms. The number of amides is 1. The predicted molar refractivity (Wildman–Crippen MR) is 125 cm³/mol. The Morgan fingerprint density at radius 2 is 1.45 bits per heavy atom. The van der Waals surface area contributed by atoms with Gasteiger partial charge < -0.3 is 9.84 Å². The van der Waals surface area contributed by atoms with Gasteiger partial charge in [-0.15, -0.1) is 0 Å². The first-order valence-corrected chi connectivity index (χ1v) is 10.5. The van der Waals surface area contributed by atoms with Gasteiger partial charge in [0.05, 0.1) is 5.56 Å². The molecule has 6 nitrogen and oxygen atoms in total. The van der Waals surface area contributed by atoms with Gasteiger partial charge in [-0.3, -0.25) is 5.32 Å². The van der Waals surface area contributed by atoms with Crippen LogP contribution in [0.4, 0.5) is 10.6 Å². The van der Waals surface area contributed by atoms with Gasteiger partial charge in [0.25, 0.3) is 0 Å². The Labute approximate surface area is 190 Å². The Hall–Kier alpha value is -4.45. The quantitative estimate of drug-likeness (QED) is 0.412. The van der Waals surface area contributed by atoms with E-state index in [0.717, 1.165) is 27.8 Å². The molecule has 4 aromatic rings. The summed E-state index contributed by atoms with van der Waals surface area (Å²) >= 11 is 0. The summed E-state index contributed by atoms with van der Waals surface area (Å²) < 4.78 is 5.61. The minimum absolute atomic E-state index is 0.0342. The van der Waals surface area contributed by atoms with Gasteiger partial charge in [0.1, 0.15) is 12.4 Å². The fraction of sp³-hybridized carbons (Fsp3) is 0.0741. The fourth-order valence-corrected chi connectivity index (χ4v) is 4.25. The molecule has 0 radical (unpaired) electrons. The van der Waals surface area contributed by atoms with E-state index in [1.54, 1.807) is 0 Å². The molecule has 0 atom stereocenters. The zero-order valence-corrected chi connectivity index (χ0v) is 17.6. The predicted octanol–water partition coefficient (Wildman–Crippen LogP) is 5.81. The number of aromatic carboxylic acids is 1. The molecular formula is C27H20N2O4. The second kappa shape index (κ2) is 8.59. The highest BCUT2D eigenvalue weighted by molar-refractivity contribution is 5.94. The van der Waals surface area contributed by atoms with Gasteiger partial charge in [0.15, 0.2) is 0 Å². The third kappa shape index (κ3) is 3.94. The monoisotopic (exact) mass is 436 g/mol. The van der Waals surface area contributed by atoms with E-state index in [-0.39, 0.29) is 23.9 Å². The van der Waals surface area contributed by atoms with Crippen molar-refractivity contribution in [2.75, 3.05) is 11.9 Å². The molecule has 2 N–H and O–H groups in total. The average molecular weight is 436 g/mol. The van der Waals surface area contributed by atoms with Crippen molar-refractivity contribution in [2.45, 2.75) is 5.92 Å². The topological polar surface area (TPSA) is 88.5 Å². The van der Waals surface area contributed by atoms with Crippen molar-refractivity contribution < 1.29 is 19.4 Å². The smallest absolute Gasteiger partial charge is 0.412 e. The van der Waals surface area contributed by atoms with Crippen LogP contribution in [-0.2, 0) is 4.74 Å². The maximum absolute atomic E-state index is 12.7. The van der Waals surface area contributed by atoms with Crippen LogP contribution < -0.4 is 5.32 Å². The van der Waals surface area contributed by atoms with Crippen LogP contribution in [0.25, 0.3) is 22.3 Å². The van der Waals surface area contributed by atoms with E-state index in [1.165, 1.54) is 12.3 Å². The molecule has 0 saturated heterocycles. The molecule has 0 unspecified atom stereocenters. The Kier molecular flexibility index (Phi) is 5.32. The minimum Gasteiger partial charge on any atom is -0.478 e. The number of nitrogens with one attached hydrogen (secondary N) is 1. The lowest BCUT2D eigenvalue weighted by Crippen LogP contribution is -2.19. The van der Waals surface area contributed by atoms with Gasteiger partial charge in [-0.25, -0.2) is 14.6 Å². The number of aromatic nitrogens is 1. The lowest BCUT2D eigenvalue weighted by molar-refractivity contribution is 0.0696. The maximum atomic E-state index is 12.7. The summed E-state index contributed by atoms with van der Waals surface area (Å²) in [5.41, 5.74) is 5.83. The van der Waals surface area contributed by atoms with Crippen LogP contribution in [0.5, 0.6) is 0 Å². The molecule has 1 aliphatic carbocycles. The van der Waals surface area contributed by atoms with Gasteiger partial charge in [-0.2, -0.15) is 0 Å². The van der Waals surface area contributed by atoms with Crippen LogP contribution >= 0.6 is 0 Å². The largest absolute Gasteiger partial charge is 0.478 e. The fourth-order valence-electron chi connectivity index (χ4n) is 4.25. The van der Waals surface area contributed by atoms with Crippen molar-refractivity contribution in [1.29, 1.82) is 0 Å². The standard InChI is InChI=1S/C27H20N2O4/c30-26(31)18-14-23(17-8-2-1-3-9-17)25(28-15-18)29-27(32)33-16-24-21-12-6-4-10-19(21)20-11-5-7-13-22(20)24/h1-15,24H,16H2,(H,30,31)(H,28,29,32). The Bertz CT molecular complexity index is 1310. The number of hydrogen-bond acceptors (Lipinski definition) is 4. The minimum atomic E-state index is -1.09. The third-order valence-corrected chi connectivity index (χ3v) is 5.78. The summed E-state index contributed by atoms with van der Waals surface area (Å²) in [7, 11) is 0. The zero-order chi connectivity index (χ0) is 22.8. The average Bonchev–Trinajstić information content (AvgIpc) is 3.17. The number of benzene rings is 3. The molecule has 0 fully saturated rings. The number of carbonyl (C=O) groups is 2. The van der Waals surface area contributed by atoms with Crippen molar-refractivity contribution in [1.82, 2.24) is 4.98 Å². The molecule has 33 heavy (non-hydrogen) atoms. The molecule has 1 aromatic heterocycles. The van der Waals surface area contributed by atoms with Gasteiger partial charge in [0, 0.05) is 17.7 Å². The van der Waals surface area contributed by atoms with E-state index >= 15 is 0 Å². The Balaban J connectivity index is 1.37. The number of fused-ring (bicyclic) bond motifs is 3. The summed E-state index contributed by atoms with van der Waals surface area (Å²) in [6, 6.07) is 26.9. The number of carboxylic acids is 1. The number of carboxylic acid groups (broad SMARTS) is 1. The molecule has 5 rings (SSSR count). The van der Waals surface area contributed by atoms with Gasteiger partial charge in [0.2, 0.25) is 0 Å². The first kappa shape index (κ1) is 20.5. The van der Waals surface area contributed by atoms with E-state index in [2.05, 4.69) is 34.6 Å². The molecule has 1 amide bonds. The number of hydrogen-bond donors (Lipinski definition) is 2. The highest BCUT2D eigenvalue weighted by Crippen LogP contribution is 2.44. The highest BCUT2D eigenvalue weighted by Gasteiger charge is 2.29. The summed E-state index contributed by atoms with van der Waals surface area (Å²) in [6.45, 7) is 0.174. The van der Waals surface area contributed by atoms with E-state index in [0.29, 0.717) is 5.56 Å². The SMILES string of the molecule is O=C(Nc1ncc(C(=O)O)cc1-c1ccccc1)OCC1c2ccccc2-c2ccccc21. The Morgan fingerprint density at radius 3 is 2.09 bits per heavy atom. The summed E-state index contributed by atoms with van der Waals surface area (Å²) in [6.07, 6.45) is 0.568.